The van der Waals surface area contributed by atoms with E-state index in [2.05, 4.69) is 0 Å². The van der Waals surface area contributed by atoms with E-state index in [1.54, 1.807) is 0 Å². The number of carboxylic acids is 1. The SMILES string of the molecule is C[Si](C)(C)CCCC(F)(F)C(F)(F)C(F)(F)C(F)(F)C(F)(F)C(F)(F)C(F)(F)C(=O)[O-].[Na+]. The van der Waals surface area contributed by atoms with Gasteiger partial charge in [0.25, 0.3) is 0 Å². The van der Waals surface area contributed by atoms with Crippen molar-refractivity contribution in [1.29, 1.82) is 0 Å². The fourth-order valence-corrected chi connectivity index (χ4v) is 3.38. The van der Waals surface area contributed by atoms with E-state index in [-0.39, 0.29) is 35.6 Å². The summed E-state index contributed by atoms with van der Waals surface area (Å²) in [6, 6.07) is -0.243. The Morgan fingerprint density at radius 3 is 1.28 bits per heavy atom. The Balaban J connectivity index is 0. The van der Waals surface area contributed by atoms with Crippen molar-refractivity contribution < 1.29 is 101 Å². The molecule has 0 fully saturated rings. The number of carboxylic acid groups (broad SMARTS) is 1. The number of aliphatic carboxylic acids is 1. The second kappa shape index (κ2) is 9.39. The molecule has 0 saturated heterocycles. The summed E-state index contributed by atoms with van der Waals surface area (Å²) < 4.78 is 187. The molecule has 0 atom stereocenters. The molecule has 0 saturated carbocycles. The van der Waals surface area contributed by atoms with E-state index in [1.165, 1.54) is 19.6 Å². The number of hydrogen-bond donors (Lipinski definition) is 0. The zero-order chi connectivity index (χ0) is 25.7. The molecule has 0 radical (unpaired) electrons. The van der Waals surface area contributed by atoms with Crippen molar-refractivity contribution in [2.24, 2.45) is 0 Å². The summed E-state index contributed by atoms with van der Waals surface area (Å²) in [5, 5.41) is 9.87. The molecule has 0 aromatic carbocycles. The number of rotatable bonds is 11. The second-order valence-electron chi connectivity index (χ2n) is 7.85. The maximum absolute atomic E-state index is 13.6. The fourth-order valence-electron chi connectivity index (χ4n) is 2.14. The first-order valence-electron chi connectivity index (χ1n) is 8.01. The number of carbonyl (C=O) groups excluding carboxylic acids is 1. The van der Waals surface area contributed by atoms with E-state index in [9.17, 15) is 71.4 Å². The number of carbonyl (C=O) groups is 1. The fraction of sp³-hybridized carbons (Fsp3) is 0.929. The Morgan fingerprint density at radius 2 is 0.969 bits per heavy atom. The monoisotopic (exact) mass is 532 g/mol. The first kappa shape index (κ1) is 33.9. The van der Waals surface area contributed by atoms with Crippen LogP contribution in [-0.2, 0) is 4.79 Å². The largest absolute Gasteiger partial charge is 1.00 e. The van der Waals surface area contributed by atoms with Gasteiger partial charge >= 0.3 is 71.0 Å². The van der Waals surface area contributed by atoms with Crippen LogP contribution in [0.15, 0.2) is 0 Å². The molecule has 0 aliphatic rings. The summed E-state index contributed by atoms with van der Waals surface area (Å²) in [6.45, 7) is 4.52. The Kier molecular flexibility index (Phi) is 9.95. The van der Waals surface area contributed by atoms with Crippen molar-refractivity contribution >= 4 is 14.0 Å². The van der Waals surface area contributed by atoms with Crippen LogP contribution in [0.3, 0.4) is 0 Å². The summed E-state index contributed by atoms with van der Waals surface area (Å²) in [4.78, 5) is 9.87. The third-order valence-electron chi connectivity index (χ3n) is 4.10. The molecule has 0 spiro atoms. The predicted octanol–water partition coefficient (Wildman–Crippen LogP) is 2.31. The third-order valence-corrected chi connectivity index (χ3v) is 5.96. The van der Waals surface area contributed by atoms with Gasteiger partial charge in [0, 0.05) is 14.5 Å². The average Bonchev–Trinajstić information content (AvgIpc) is 2.51. The molecular weight excluding hydrogens is 517 g/mol. The minimum atomic E-state index is -8.27. The van der Waals surface area contributed by atoms with Crippen molar-refractivity contribution in [3.63, 3.8) is 0 Å². The van der Waals surface area contributed by atoms with E-state index >= 15 is 0 Å². The van der Waals surface area contributed by atoms with Gasteiger partial charge in [0.1, 0.15) is 5.97 Å². The molecule has 0 amide bonds. The van der Waals surface area contributed by atoms with E-state index < -0.39 is 68.3 Å². The van der Waals surface area contributed by atoms with Gasteiger partial charge in [-0.15, -0.1) is 0 Å². The summed E-state index contributed by atoms with van der Waals surface area (Å²) in [5.74, 6) is -57.8. The molecule has 0 bridgehead atoms. The summed E-state index contributed by atoms with van der Waals surface area (Å²) >= 11 is 0. The summed E-state index contributed by atoms with van der Waals surface area (Å²) in [6.07, 6.45) is -3.23. The van der Waals surface area contributed by atoms with Gasteiger partial charge in [-0.1, -0.05) is 25.7 Å². The smallest absolute Gasteiger partial charge is 0.544 e. The Hall–Kier alpha value is -0.293. The van der Waals surface area contributed by atoms with Crippen molar-refractivity contribution in [2.45, 2.75) is 80.0 Å². The maximum Gasteiger partial charge on any atom is 1.00 e. The Labute approximate surface area is 195 Å². The van der Waals surface area contributed by atoms with Gasteiger partial charge in [0.15, 0.2) is 0 Å². The first-order valence-corrected chi connectivity index (χ1v) is 11.7. The molecule has 0 aliphatic heterocycles. The molecule has 0 unspecified atom stereocenters. The first-order chi connectivity index (χ1) is 13.2. The molecule has 186 valence electrons. The normalized spacial score (nSPS) is 15.4. The summed E-state index contributed by atoms with van der Waals surface area (Å²) in [5.41, 5.74) is 0. The van der Waals surface area contributed by atoms with Crippen LogP contribution in [0.25, 0.3) is 0 Å². The van der Waals surface area contributed by atoms with E-state index in [4.69, 9.17) is 0 Å². The molecule has 0 heterocycles. The molecular formula is C14H15F14NaO2Si. The van der Waals surface area contributed by atoms with Crippen LogP contribution in [0.4, 0.5) is 61.5 Å². The van der Waals surface area contributed by atoms with Gasteiger partial charge < -0.3 is 9.90 Å². The van der Waals surface area contributed by atoms with Crippen LogP contribution in [0.5, 0.6) is 0 Å². The Bertz CT molecular complexity index is 675. The maximum atomic E-state index is 13.6. The zero-order valence-electron chi connectivity index (χ0n) is 16.7. The van der Waals surface area contributed by atoms with Crippen molar-refractivity contribution in [3.05, 3.63) is 0 Å². The van der Waals surface area contributed by atoms with Gasteiger partial charge in [-0.3, -0.25) is 0 Å². The van der Waals surface area contributed by atoms with Crippen LogP contribution >= 0.6 is 0 Å². The van der Waals surface area contributed by atoms with Crippen molar-refractivity contribution in [3.8, 4) is 0 Å². The van der Waals surface area contributed by atoms with Gasteiger partial charge in [-0.25, -0.2) is 0 Å². The van der Waals surface area contributed by atoms with Crippen LogP contribution in [-0.4, -0.2) is 55.5 Å². The standard InChI is InChI=1S/C14H16F14O2Si.Na/c1-31(2,3)6-4-5-8(15,16)10(19,20)12(23,24)14(27,28)13(25,26)11(21,22)9(17,18)7(29)30;/h4-6H2,1-3H3,(H,29,30);/q;+1/p-1. The average molecular weight is 532 g/mol. The van der Waals surface area contributed by atoms with E-state index in [0.29, 0.717) is 0 Å². The van der Waals surface area contributed by atoms with E-state index in [1.807, 2.05) is 0 Å². The second-order valence-corrected chi connectivity index (χ2v) is 13.5. The zero-order valence-corrected chi connectivity index (χ0v) is 19.7. The molecule has 0 rings (SSSR count). The van der Waals surface area contributed by atoms with Crippen LogP contribution in [0.2, 0.25) is 25.7 Å². The third kappa shape index (κ3) is 5.34. The topological polar surface area (TPSA) is 40.1 Å². The quantitative estimate of drug-likeness (QED) is 0.303. The number of halogens is 14. The summed E-state index contributed by atoms with van der Waals surface area (Å²) in [7, 11) is -2.26. The molecule has 0 aromatic rings. The molecule has 18 heteroatoms. The minimum Gasteiger partial charge on any atom is -0.544 e. The van der Waals surface area contributed by atoms with Gasteiger partial charge in [0.05, 0.1) is 0 Å². The molecule has 2 nitrogen and oxygen atoms in total. The van der Waals surface area contributed by atoms with Crippen LogP contribution < -0.4 is 34.7 Å². The molecule has 0 aliphatic carbocycles. The van der Waals surface area contributed by atoms with E-state index in [0.717, 1.165) is 0 Å². The predicted molar refractivity (Wildman–Crippen MR) is 77.0 cm³/mol. The van der Waals surface area contributed by atoms with Gasteiger partial charge in [-0.2, -0.15) is 61.5 Å². The number of hydrogen-bond acceptors (Lipinski definition) is 2. The molecule has 0 N–H and O–H groups in total. The molecule has 0 aromatic heterocycles. The van der Waals surface area contributed by atoms with Gasteiger partial charge in [0.2, 0.25) is 0 Å². The van der Waals surface area contributed by atoms with Crippen molar-refractivity contribution in [1.82, 2.24) is 0 Å². The van der Waals surface area contributed by atoms with Crippen LogP contribution in [0.1, 0.15) is 12.8 Å². The number of alkyl halides is 14. The van der Waals surface area contributed by atoms with Gasteiger partial charge in [-0.05, 0) is 6.42 Å². The molecule has 32 heavy (non-hydrogen) atoms. The minimum absolute atomic E-state index is 0. The van der Waals surface area contributed by atoms with Crippen LogP contribution in [0, 0.1) is 0 Å². The Morgan fingerprint density at radius 1 is 0.656 bits per heavy atom. The van der Waals surface area contributed by atoms with Crippen molar-refractivity contribution in [2.75, 3.05) is 0 Å².